The van der Waals surface area contributed by atoms with Crippen LogP contribution in [-0.2, 0) is 33.6 Å². The smallest absolute Gasteiger partial charge is 0.310 e. The van der Waals surface area contributed by atoms with Gasteiger partial charge in [-0.1, -0.05) is 18.2 Å². The largest absolute Gasteiger partial charge is 0.455 e. The summed E-state index contributed by atoms with van der Waals surface area (Å²) in [6.07, 6.45) is 3.65. The molecule has 4 nitrogen and oxygen atoms in total. The lowest BCUT2D eigenvalue weighted by Crippen LogP contribution is -2.25. The second kappa shape index (κ2) is 5.67. The van der Waals surface area contributed by atoms with Crippen molar-refractivity contribution in [1.82, 2.24) is 5.32 Å². The molecule has 1 aliphatic rings. The van der Waals surface area contributed by atoms with Gasteiger partial charge in [-0.3, -0.25) is 9.59 Å². The van der Waals surface area contributed by atoms with E-state index in [0.29, 0.717) is 0 Å². The summed E-state index contributed by atoms with van der Waals surface area (Å²) in [6.45, 7) is -0.208. The van der Waals surface area contributed by atoms with Gasteiger partial charge in [0.05, 0.1) is 6.42 Å². The van der Waals surface area contributed by atoms with E-state index in [9.17, 15) is 9.59 Å². The van der Waals surface area contributed by atoms with Gasteiger partial charge in [0, 0.05) is 7.05 Å². The van der Waals surface area contributed by atoms with Crippen molar-refractivity contribution in [2.75, 3.05) is 13.7 Å². The predicted octanol–water partition coefficient (Wildman–Crippen LogP) is 1.01. The standard InChI is InChI=1S/C14H17NO3/c1-15-13(16)9-18-14(17)8-10-5-6-11-3-2-4-12(11)7-10/h5-7H,2-4,8-9H2,1H3,(H,15,16). The molecule has 0 spiro atoms. The quantitative estimate of drug-likeness (QED) is 0.808. The number of ether oxygens (including phenoxy) is 1. The Morgan fingerprint density at radius 3 is 2.83 bits per heavy atom. The highest BCUT2D eigenvalue weighted by Gasteiger charge is 2.13. The van der Waals surface area contributed by atoms with Crippen molar-refractivity contribution in [3.05, 3.63) is 34.9 Å². The zero-order valence-electron chi connectivity index (χ0n) is 10.5. The number of carbonyl (C=O) groups is 2. The van der Waals surface area contributed by atoms with Crippen LogP contribution in [0.5, 0.6) is 0 Å². The number of fused-ring (bicyclic) bond motifs is 1. The van der Waals surface area contributed by atoms with Crippen molar-refractivity contribution in [1.29, 1.82) is 0 Å². The van der Waals surface area contributed by atoms with E-state index in [1.807, 2.05) is 6.07 Å². The van der Waals surface area contributed by atoms with Gasteiger partial charge in [-0.15, -0.1) is 0 Å². The highest BCUT2D eigenvalue weighted by molar-refractivity contribution is 5.80. The Morgan fingerprint density at radius 1 is 1.28 bits per heavy atom. The second-order valence-corrected chi connectivity index (χ2v) is 4.47. The van der Waals surface area contributed by atoms with Crippen LogP contribution >= 0.6 is 0 Å². The maximum absolute atomic E-state index is 11.5. The molecule has 0 unspecified atom stereocenters. The molecule has 0 atom stereocenters. The number of nitrogens with one attached hydrogen (secondary N) is 1. The van der Waals surface area contributed by atoms with E-state index < -0.39 is 0 Å². The number of carbonyl (C=O) groups excluding carboxylic acids is 2. The van der Waals surface area contributed by atoms with Crippen molar-refractivity contribution in [3.63, 3.8) is 0 Å². The highest BCUT2D eigenvalue weighted by Crippen LogP contribution is 2.23. The fourth-order valence-electron chi connectivity index (χ4n) is 2.17. The average molecular weight is 247 g/mol. The van der Waals surface area contributed by atoms with Gasteiger partial charge in [-0.25, -0.2) is 0 Å². The summed E-state index contributed by atoms with van der Waals surface area (Å²) in [5.41, 5.74) is 3.68. The number of hydrogen-bond donors (Lipinski definition) is 1. The van der Waals surface area contributed by atoms with Crippen LogP contribution in [-0.4, -0.2) is 25.5 Å². The van der Waals surface area contributed by atoms with E-state index in [-0.39, 0.29) is 24.9 Å². The minimum Gasteiger partial charge on any atom is -0.455 e. The Balaban J connectivity index is 1.89. The van der Waals surface area contributed by atoms with Crippen molar-refractivity contribution >= 4 is 11.9 Å². The first-order chi connectivity index (χ1) is 8.69. The van der Waals surface area contributed by atoms with Crippen molar-refractivity contribution in [2.45, 2.75) is 25.7 Å². The fourth-order valence-corrected chi connectivity index (χ4v) is 2.17. The summed E-state index contributed by atoms with van der Waals surface area (Å²) in [6, 6.07) is 6.12. The van der Waals surface area contributed by atoms with Crippen molar-refractivity contribution in [2.24, 2.45) is 0 Å². The molecular formula is C14H17NO3. The molecule has 0 saturated carbocycles. The molecule has 1 N–H and O–H groups in total. The normalized spacial score (nSPS) is 12.9. The molecule has 0 fully saturated rings. The van der Waals surface area contributed by atoms with Gasteiger partial charge in [0.2, 0.25) is 0 Å². The summed E-state index contributed by atoms with van der Waals surface area (Å²) in [4.78, 5) is 22.5. The van der Waals surface area contributed by atoms with E-state index in [4.69, 9.17) is 4.74 Å². The zero-order chi connectivity index (χ0) is 13.0. The number of hydrogen-bond acceptors (Lipinski definition) is 3. The number of aryl methyl sites for hydroxylation is 2. The number of esters is 1. The van der Waals surface area contributed by atoms with Crippen LogP contribution in [0.15, 0.2) is 18.2 Å². The molecule has 0 aliphatic heterocycles. The van der Waals surface area contributed by atoms with E-state index in [2.05, 4.69) is 17.4 Å². The van der Waals surface area contributed by atoms with Gasteiger partial charge in [-0.05, 0) is 36.0 Å². The molecule has 0 bridgehead atoms. The van der Waals surface area contributed by atoms with Crippen molar-refractivity contribution in [3.8, 4) is 0 Å². The van der Waals surface area contributed by atoms with Gasteiger partial charge in [0.25, 0.3) is 5.91 Å². The van der Waals surface area contributed by atoms with Crippen LogP contribution in [0, 0.1) is 0 Å². The molecule has 2 rings (SSSR count). The average Bonchev–Trinajstić information content (AvgIpc) is 2.83. The van der Waals surface area contributed by atoms with Crippen molar-refractivity contribution < 1.29 is 14.3 Å². The lowest BCUT2D eigenvalue weighted by Gasteiger charge is -2.06. The summed E-state index contributed by atoms with van der Waals surface area (Å²) in [5.74, 6) is -0.658. The van der Waals surface area contributed by atoms with Gasteiger partial charge in [0.1, 0.15) is 0 Å². The summed E-state index contributed by atoms with van der Waals surface area (Å²) >= 11 is 0. The first kappa shape index (κ1) is 12.6. The molecule has 0 radical (unpaired) electrons. The number of likely N-dealkylation sites (N-methyl/N-ethyl adjacent to an activating group) is 1. The fraction of sp³-hybridized carbons (Fsp3) is 0.429. The number of amides is 1. The molecule has 0 heterocycles. The first-order valence-electron chi connectivity index (χ1n) is 6.16. The molecular weight excluding hydrogens is 230 g/mol. The van der Waals surface area contributed by atoms with Gasteiger partial charge in [-0.2, -0.15) is 0 Å². The van der Waals surface area contributed by atoms with Crippen LogP contribution in [0.25, 0.3) is 0 Å². The Hall–Kier alpha value is -1.84. The van der Waals surface area contributed by atoms with E-state index in [0.717, 1.165) is 18.4 Å². The summed E-state index contributed by atoms with van der Waals surface area (Å²) < 4.78 is 4.87. The Labute approximate surface area is 106 Å². The monoisotopic (exact) mass is 247 g/mol. The Bertz CT molecular complexity index is 468. The Morgan fingerprint density at radius 2 is 2.06 bits per heavy atom. The van der Waals surface area contributed by atoms with Gasteiger partial charge >= 0.3 is 5.97 Å². The Kier molecular flexibility index (Phi) is 3.97. The van der Waals surface area contributed by atoms with E-state index in [1.165, 1.54) is 24.6 Å². The summed E-state index contributed by atoms with van der Waals surface area (Å²) in [5, 5.41) is 2.40. The molecule has 1 aliphatic carbocycles. The molecule has 1 amide bonds. The SMILES string of the molecule is CNC(=O)COC(=O)Cc1ccc2c(c1)CCC2. The minimum atomic E-state index is -0.364. The number of benzene rings is 1. The zero-order valence-corrected chi connectivity index (χ0v) is 10.5. The third kappa shape index (κ3) is 3.09. The predicted molar refractivity (Wildman–Crippen MR) is 67.2 cm³/mol. The number of rotatable bonds is 4. The molecule has 0 aromatic heterocycles. The van der Waals surface area contributed by atoms with Crippen LogP contribution in [0.1, 0.15) is 23.1 Å². The van der Waals surface area contributed by atoms with Crippen LogP contribution in [0.4, 0.5) is 0 Å². The highest BCUT2D eigenvalue weighted by atomic mass is 16.5. The molecule has 1 aromatic carbocycles. The van der Waals surface area contributed by atoms with Gasteiger partial charge in [0.15, 0.2) is 6.61 Å². The molecule has 96 valence electrons. The maximum Gasteiger partial charge on any atom is 0.310 e. The lowest BCUT2D eigenvalue weighted by atomic mass is 10.0. The maximum atomic E-state index is 11.5. The molecule has 4 heteroatoms. The second-order valence-electron chi connectivity index (χ2n) is 4.47. The first-order valence-corrected chi connectivity index (χ1v) is 6.16. The molecule has 0 saturated heterocycles. The molecule has 18 heavy (non-hydrogen) atoms. The van der Waals surface area contributed by atoms with E-state index in [1.54, 1.807) is 0 Å². The van der Waals surface area contributed by atoms with Crippen LogP contribution in [0.3, 0.4) is 0 Å². The summed E-state index contributed by atoms with van der Waals surface area (Å²) in [7, 11) is 1.51. The lowest BCUT2D eigenvalue weighted by molar-refractivity contribution is -0.147. The van der Waals surface area contributed by atoms with Crippen LogP contribution in [0.2, 0.25) is 0 Å². The van der Waals surface area contributed by atoms with E-state index >= 15 is 0 Å². The third-order valence-corrected chi connectivity index (χ3v) is 3.15. The van der Waals surface area contributed by atoms with Gasteiger partial charge < -0.3 is 10.1 Å². The molecule has 1 aromatic rings. The minimum absolute atomic E-state index is 0.208. The third-order valence-electron chi connectivity index (χ3n) is 3.15. The topological polar surface area (TPSA) is 55.4 Å². The van der Waals surface area contributed by atoms with Crippen LogP contribution < -0.4 is 5.32 Å².